The molecule has 0 spiro atoms. The van der Waals surface area contributed by atoms with Crippen LogP contribution in [0.4, 0.5) is 0 Å². The van der Waals surface area contributed by atoms with Crippen LogP contribution in [0.5, 0.6) is 0 Å². The third kappa shape index (κ3) is 2.68. The lowest BCUT2D eigenvalue weighted by Crippen LogP contribution is -2.24. The molecule has 0 aliphatic carbocycles. The minimum atomic E-state index is -0.505. The van der Waals surface area contributed by atoms with Gasteiger partial charge in [0.1, 0.15) is 0 Å². The Labute approximate surface area is 74.2 Å². The van der Waals surface area contributed by atoms with E-state index in [-0.39, 0.29) is 17.9 Å². The van der Waals surface area contributed by atoms with Crippen molar-refractivity contribution in [2.75, 3.05) is 0 Å². The van der Waals surface area contributed by atoms with Crippen LogP contribution in [0.25, 0.3) is 0 Å². The molecule has 2 heterocycles. The van der Waals surface area contributed by atoms with Crippen molar-refractivity contribution in [3.05, 3.63) is 18.7 Å². The molecule has 0 radical (unpaired) electrons. The van der Waals surface area contributed by atoms with Crippen LogP contribution >= 0.6 is 0 Å². The number of imide groups is 1. The highest BCUT2D eigenvalue weighted by molar-refractivity contribution is 6.00. The molecule has 6 nitrogen and oxygen atoms in total. The van der Waals surface area contributed by atoms with E-state index in [0.29, 0.717) is 0 Å². The van der Waals surface area contributed by atoms with E-state index in [1.807, 2.05) is 0 Å². The maximum Gasteiger partial charge on any atom is 0.253 e. The van der Waals surface area contributed by atoms with Gasteiger partial charge in [-0.1, -0.05) is 0 Å². The summed E-state index contributed by atoms with van der Waals surface area (Å²) in [6.07, 6.45) is 5.38. The third-order valence-electron chi connectivity index (χ3n) is 1.43. The Morgan fingerprint density at radius 1 is 1.38 bits per heavy atom. The molecule has 1 aromatic heterocycles. The minimum Gasteiger partial charge on any atom is -0.351 e. The molecular formula is C7H9N3O3. The Morgan fingerprint density at radius 2 is 2.00 bits per heavy atom. The summed E-state index contributed by atoms with van der Waals surface area (Å²) in [6, 6.07) is 0. The Bertz CT molecular complexity index is 250. The van der Waals surface area contributed by atoms with Crippen molar-refractivity contribution in [1.29, 1.82) is 0 Å². The molecule has 0 atom stereocenters. The number of carbonyl (C=O) groups is 2. The number of aromatic amines is 1. The number of rotatable bonds is 0. The second kappa shape index (κ2) is 4.36. The van der Waals surface area contributed by atoms with Gasteiger partial charge in [-0.25, -0.2) is 4.98 Å². The molecule has 1 aliphatic heterocycles. The summed E-state index contributed by atoms with van der Waals surface area (Å²) in [5.74, 6) is -1.01. The largest absolute Gasteiger partial charge is 0.351 e. The van der Waals surface area contributed by atoms with Crippen LogP contribution in [-0.2, 0) is 9.59 Å². The van der Waals surface area contributed by atoms with E-state index in [2.05, 4.69) is 9.97 Å². The summed E-state index contributed by atoms with van der Waals surface area (Å²) in [7, 11) is 0. The summed E-state index contributed by atoms with van der Waals surface area (Å²) in [6.45, 7) is 0. The van der Waals surface area contributed by atoms with E-state index in [1.54, 1.807) is 18.7 Å². The van der Waals surface area contributed by atoms with Gasteiger partial charge < -0.3 is 4.98 Å². The van der Waals surface area contributed by atoms with E-state index in [1.165, 1.54) is 0 Å². The van der Waals surface area contributed by atoms with Crippen LogP contribution in [0, 0.1) is 0 Å². The fourth-order valence-electron chi connectivity index (χ4n) is 0.780. The molecule has 1 fully saturated rings. The third-order valence-corrected chi connectivity index (χ3v) is 1.43. The predicted molar refractivity (Wildman–Crippen MR) is 41.5 cm³/mol. The van der Waals surface area contributed by atoms with Crippen molar-refractivity contribution in [3.8, 4) is 0 Å². The lowest BCUT2D eigenvalue weighted by Gasteiger charge is -1.98. The molecule has 0 aromatic carbocycles. The zero-order valence-electron chi connectivity index (χ0n) is 6.80. The molecule has 1 aromatic rings. The van der Waals surface area contributed by atoms with Gasteiger partial charge in [0, 0.05) is 25.2 Å². The van der Waals surface area contributed by atoms with Crippen molar-refractivity contribution in [3.63, 3.8) is 0 Å². The molecule has 70 valence electrons. The maximum atomic E-state index is 10.2. The molecule has 0 unspecified atom stereocenters. The topological polar surface area (TPSA) is 86.3 Å². The monoisotopic (exact) mass is 183 g/mol. The zero-order chi connectivity index (χ0) is 9.68. The predicted octanol–water partition coefficient (Wildman–Crippen LogP) is -0.0657. The molecule has 2 N–H and O–H groups in total. The minimum absolute atomic E-state index is 0.148. The number of carbonyl (C=O) groups excluding carboxylic acids is 2. The summed E-state index contributed by atoms with van der Waals surface area (Å²) in [5.41, 5.74) is 0. The lowest BCUT2D eigenvalue weighted by molar-refractivity contribution is -0.171. The smallest absolute Gasteiger partial charge is 0.253 e. The Morgan fingerprint density at radius 3 is 2.15 bits per heavy atom. The van der Waals surface area contributed by atoms with Gasteiger partial charge >= 0.3 is 0 Å². The van der Waals surface area contributed by atoms with E-state index in [9.17, 15) is 9.59 Å². The fourth-order valence-corrected chi connectivity index (χ4v) is 0.780. The Balaban J connectivity index is 0.000000145. The van der Waals surface area contributed by atoms with Gasteiger partial charge in [0.05, 0.1) is 6.33 Å². The summed E-state index contributed by atoms with van der Waals surface area (Å²) >= 11 is 0. The second-order valence-corrected chi connectivity index (χ2v) is 2.36. The summed E-state index contributed by atoms with van der Waals surface area (Å²) in [4.78, 5) is 26.9. The van der Waals surface area contributed by atoms with Crippen LogP contribution < -0.4 is 0 Å². The molecule has 2 rings (SSSR count). The highest BCUT2D eigenvalue weighted by atomic mass is 16.5. The number of hydrogen-bond donors (Lipinski definition) is 2. The van der Waals surface area contributed by atoms with Gasteiger partial charge in [-0.2, -0.15) is 5.06 Å². The van der Waals surface area contributed by atoms with Gasteiger partial charge in [0.2, 0.25) is 0 Å². The first-order valence-corrected chi connectivity index (χ1v) is 3.69. The standard InChI is InChI=1S/C4H5NO3.C3H4N2/c6-3-1-2-4(7)5(3)8;1-2-5-3-4-1/h8H,1-2H2;1-3H,(H,4,5). The quantitative estimate of drug-likeness (QED) is 0.435. The van der Waals surface area contributed by atoms with Gasteiger partial charge in [-0.3, -0.25) is 14.8 Å². The van der Waals surface area contributed by atoms with Gasteiger partial charge in [-0.15, -0.1) is 0 Å². The Kier molecular flexibility index (Phi) is 3.15. The molecular weight excluding hydrogens is 174 g/mol. The molecule has 2 amide bonds. The maximum absolute atomic E-state index is 10.2. The first-order valence-electron chi connectivity index (χ1n) is 3.69. The fraction of sp³-hybridized carbons (Fsp3) is 0.286. The number of amides is 2. The number of hydroxylamine groups is 2. The molecule has 6 heteroatoms. The Hall–Kier alpha value is -1.69. The number of nitrogens with zero attached hydrogens (tertiary/aromatic N) is 2. The number of hydrogen-bond acceptors (Lipinski definition) is 4. The summed E-state index contributed by atoms with van der Waals surface area (Å²) in [5, 5.41) is 8.57. The van der Waals surface area contributed by atoms with Crippen molar-refractivity contribution in [2.45, 2.75) is 12.8 Å². The summed E-state index contributed by atoms with van der Waals surface area (Å²) < 4.78 is 0. The van der Waals surface area contributed by atoms with Crippen molar-refractivity contribution >= 4 is 11.8 Å². The number of nitrogens with one attached hydrogen (secondary N) is 1. The number of imidazole rings is 1. The molecule has 0 bridgehead atoms. The van der Waals surface area contributed by atoms with Crippen molar-refractivity contribution in [2.24, 2.45) is 0 Å². The van der Waals surface area contributed by atoms with Gasteiger partial charge in [0.25, 0.3) is 11.8 Å². The van der Waals surface area contributed by atoms with Crippen molar-refractivity contribution < 1.29 is 14.8 Å². The number of H-pyrrole nitrogens is 1. The van der Waals surface area contributed by atoms with Crippen LogP contribution in [0.15, 0.2) is 18.7 Å². The molecule has 13 heavy (non-hydrogen) atoms. The van der Waals surface area contributed by atoms with E-state index in [4.69, 9.17) is 5.21 Å². The highest BCUT2D eigenvalue weighted by Gasteiger charge is 2.26. The average Bonchev–Trinajstić information content (AvgIpc) is 2.75. The lowest BCUT2D eigenvalue weighted by atomic mass is 10.4. The molecule has 1 saturated heterocycles. The van der Waals surface area contributed by atoms with Crippen molar-refractivity contribution in [1.82, 2.24) is 15.0 Å². The van der Waals surface area contributed by atoms with E-state index in [0.717, 1.165) is 0 Å². The normalized spacial score (nSPS) is 15.6. The van der Waals surface area contributed by atoms with E-state index < -0.39 is 11.8 Å². The number of aromatic nitrogens is 2. The molecule has 1 aliphatic rings. The van der Waals surface area contributed by atoms with Gasteiger partial charge in [-0.05, 0) is 0 Å². The average molecular weight is 183 g/mol. The molecule has 0 saturated carbocycles. The first-order chi connectivity index (χ1) is 6.22. The zero-order valence-corrected chi connectivity index (χ0v) is 6.80. The van der Waals surface area contributed by atoms with Crippen LogP contribution in [0.1, 0.15) is 12.8 Å². The van der Waals surface area contributed by atoms with Gasteiger partial charge in [0.15, 0.2) is 0 Å². The van der Waals surface area contributed by atoms with Crippen LogP contribution in [0.3, 0.4) is 0 Å². The van der Waals surface area contributed by atoms with E-state index >= 15 is 0 Å². The van der Waals surface area contributed by atoms with Crippen LogP contribution in [-0.4, -0.2) is 32.1 Å². The second-order valence-electron chi connectivity index (χ2n) is 2.36. The SMILES string of the molecule is O=C1CCC(=O)N1O.c1c[nH]cn1. The highest BCUT2D eigenvalue weighted by Crippen LogP contribution is 2.06. The first kappa shape index (κ1) is 9.40. The van der Waals surface area contributed by atoms with Crippen LogP contribution in [0.2, 0.25) is 0 Å².